The normalized spacial score (nSPS) is 16.4. The van der Waals surface area contributed by atoms with E-state index in [0.29, 0.717) is 22.4 Å². The Morgan fingerprint density at radius 2 is 1.75 bits per heavy atom. The molecule has 3 nitrogen and oxygen atoms in total. The second-order valence-electron chi connectivity index (χ2n) is 6.39. The SMILES string of the molecule is O=C1CS[C@@H](c2cccc(OCc3cccc(Cl)c3)c2)N1c1ccc(Cl)cc1. The molecule has 3 aromatic carbocycles. The van der Waals surface area contributed by atoms with E-state index in [-0.39, 0.29) is 11.3 Å². The van der Waals surface area contributed by atoms with Gasteiger partial charge < -0.3 is 4.74 Å². The lowest BCUT2D eigenvalue weighted by Gasteiger charge is -2.24. The summed E-state index contributed by atoms with van der Waals surface area (Å²) in [5.74, 6) is 1.29. The fourth-order valence-electron chi connectivity index (χ4n) is 3.10. The molecule has 0 aromatic heterocycles. The predicted molar refractivity (Wildman–Crippen MR) is 116 cm³/mol. The van der Waals surface area contributed by atoms with Crippen LogP contribution in [0.3, 0.4) is 0 Å². The Morgan fingerprint density at radius 1 is 0.964 bits per heavy atom. The molecule has 142 valence electrons. The van der Waals surface area contributed by atoms with E-state index in [0.717, 1.165) is 22.6 Å². The number of nitrogens with zero attached hydrogens (tertiary/aromatic N) is 1. The van der Waals surface area contributed by atoms with Crippen LogP contribution in [0.25, 0.3) is 0 Å². The molecule has 0 unspecified atom stereocenters. The van der Waals surface area contributed by atoms with E-state index < -0.39 is 0 Å². The molecule has 1 amide bonds. The molecule has 28 heavy (non-hydrogen) atoms. The Labute approximate surface area is 178 Å². The van der Waals surface area contributed by atoms with Crippen LogP contribution in [-0.2, 0) is 11.4 Å². The largest absolute Gasteiger partial charge is 0.489 e. The quantitative estimate of drug-likeness (QED) is 0.472. The van der Waals surface area contributed by atoms with Crippen molar-refractivity contribution < 1.29 is 9.53 Å². The highest BCUT2D eigenvalue weighted by Gasteiger charge is 2.34. The van der Waals surface area contributed by atoms with Gasteiger partial charge in [-0.1, -0.05) is 47.5 Å². The smallest absolute Gasteiger partial charge is 0.238 e. The maximum Gasteiger partial charge on any atom is 0.238 e. The molecule has 1 heterocycles. The maximum atomic E-state index is 12.5. The van der Waals surface area contributed by atoms with Crippen LogP contribution in [0.15, 0.2) is 72.8 Å². The fraction of sp³-hybridized carbons (Fsp3) is 0.136. The van der Waals surface area contributed by atoms with Crippen LogP contribution < -0.4 is 9.64 Å². The topological polar surface area (TPSA) is 29.5 Å². The minimum Gasteiger partial charge on any atom is -0.489 e. The third kappa shape index (κ3) is 4.30. The molecule has 1 atom stereocenters. The number of hydrogen-bond donors (Lipinski definition) is 0. The van der Waals surface area contributed by atoms with Crippen molar-refractivity contribution in [2.24, 2.45) is 0 Å². The van der Waals surface area contributed by atoms with Gasteiger partial charge in [-0.2, -0.15) is 0 Å². The summed E-state index contributed by atoms with van der Waals surface area (Å²) in [4.78, 5) is 14.3. The lowest BCUT2D eigenvalue weighted by Crippen LogP contribution is -2.27. The van der Waals surface area contributed by atoms with Crippen molar-refractivity contribution in [1.29, 1.82) is 0 Å². The summed E-state index contributed by atoms with van der Waals surface area (Å²) in [6.07, 6.45) is 0. The molecule has 4 rings (SSSR count). The van der Waals surface area contributed by atoms with Gasteiger partial charge in [-0.3, -0.25) is 9.69 Å². The molecular weight excluding hydrogens is 413 g/mol. The summed E-state index contributed by atoms with van der Waals surface area (Å²) in [6, 6.07) is 22.8. The average Bonchev–Trinajstić information content (AvgIpc) is 3.09. The number of benzene rings is 3. The standard InChI is InChI=1S/C22H17Cl2NO2S/c23-17-7-9-19(10-8-17)25-21(26)14-28-22(25)16-4-2-6-20(12-16)27-13-15-3-1-5-18(24)11-15/h1-12,22H,13-14H2/t22-/m0/s1. The lowest BCUT2D eigenvalue weighted by atomic mass is 10.1. The van der Waals surface area contributed by atoms with Crippen molar-refractivity contribution >= 4 is 46.6 Å². The molecule has 0 saturated carbocycles. The molecule has 0 bridgehead atoms. The van der Waals surface area contributed by atoms with Gasteiger partial charge >= 0.3 is 0 Å². The molecule has 6 heteroatoms. The van der Waals surface area contributed by atoms with Crippen molar-refractivity contribution in [3.8, 4) is 5.75 Å². The molecule has 1 aliphatic rings. The van der Waals surface area contributed by atoms with E-state index in [1.54, 1.807) is 23.9 Å². The Balaban J connectivity index is 1.54. The Bertz CT molecular complexity index is 994. The molecule has 0 spiro atoms. The van der Waals surface area contributed by atoms with Crippen molar-refractivity contribution in [3.63, 3.8) is 0 Å². The van der Waals surface area contributed by atoms with Crippen molar-refractivity contribution in [2.45, 2.75) is 12.0 Å². The number of thioether (sulfide) groups is 1. The summed E-state index contributed by atoms with van der Waals surface area (Å²) >= 11 is 13.6. The number of amides is 1. The van der Waals surface area contributed by atoms with Crippen LogP contribution in [0.5, 0.6) is 5.75 Å². The summed E-state index contributed by atoms with van der Waals surface area (Å²) in [5.41, 5.74) is 2.87. The molecule has 1 fully saturated rings. The van der Waals surface area contributed by atoms with Crippen LogP contribution in [0.2, 0.25) is 10.0 Å². The second kappa shape index (κ2) is 8.48. The monoisotopic (exact) mass is 429 g/mol. The van der Waals surface area contributed by atoms with Crippen LogP contribution in [0.1, 0.15) is 16.5 Å². The van der Waals surface area contributed by atoms with Crippen LogP contribution in [0.4, 0.5) is 5.69 Å². The van der Waals surface area contributed by atoms with Gasteiger partial charge in [-0.15, -0.1) is 11.8 Å². The van der Waals surface area contributed by atoms with E-state index in [2.05, 4.69) is 0 Å². The highest BCUT2D eigenvalue weighted by atomic mass is 35.5. The van der Waals surface area contributed by atoms with Gasteiger partial charge in [0, 0.05) is 15.7 Å². The van der Waals surface area contributed by atoms with Gasteiger partial charge in [-0.05, 0) is 59.7 Å². The minimum atomic E-state index is -0.0941. The number of ether oxygens (including phenoxy) is 1. The van der Waals surface area contributed by atoms with E-state index in [4.69, 9.17) is 27.9 Å². The van der Waals surface area contributed by atoms with Crippen LogP contribution >= 0.6 is 35.0 Å². The second-order valence-corrected chi connectivity index (χ2v) is 8.34. The molecular formula is C22H17Cl2NO2S. The number of carbonyl (C=O) groups excluding carboxylic acids is 1. The summed E-state index contributed by atoms with van der Waals surface area (Å²) in [6.45, 7) is 0.432. The Kier molecular flexibility index (Phi) is 5.81. The number of rotatable bonds is 5. The molecule has 0 aliphatic carbocycles. The third-order valence-electron chi connectivity index (χ3n) is 4.41. The van der Waals surface area contributed by atoms with Gasteiger partial charge in [0.05, 0.1) is 5.75 Å². The maximum absolute atomic E-state index is 12.5. The average molecular weight is 430 g/mol. The van der Waals surface area contributed by atoms with Gasteiger partial charge in [-0.25, -0.2) is 0 Å². The number of halogens is 2. The lowest BCUT2D eigenvalue weighted by molar-refractivity contribution is -0.115. The number of carbonyl (C=O) groups is 1. The number of anilines is 1. The van der Waals surface area contributed by atoms with E-state index >= 15 is 0 Å². The Morgan fingerprint density at radius 3 is 2.54 bits per heavy atom. The first kappa shape index (κ1) is 19.2. The van der Waals surface area contributed by atoms with Crippen molar-refractivity contribution in [3.05, 3.63) is 94.0 Å². The third-order valence-corrected chi connectivity index (χ3v) is 6.11. The summed E-state index contributed by atoms with van der Waals surface area (Å²) < 4.78 is 5.94. The molecule has 1 saturated heterocycles. The minimum absolute atomic E-state index is 0.0857. The van der Waals surface area contributed by atoms with E-state index in [1.165, 1.54) is 0 Å². The van der Waals surface area contributed by atoms with Crippen LogP contribution in [0, 0.1) is 0 Å². The first-order valence-corrected chi connectivity index (χ1v) is 10.6. The van der Waals surface area contributed by atoms with Crippen molar-refractivity contribution in [2.75, 3.05) is 10.7 Å². The first-order chi connectivity index (χ1) is 13.6. The molecule has 0 radical (unpaired) electrons. The molecule has 3 aromatic rings. The highest BCUT2D eigenvalue weighted by molar-refractivity contribution is 8.00. The highest BCUT2D eigenvalue weighted by Crippen LogP contribution is 2.42. The zero-order chi connectivity index (χ0) is 19.5. The van der Waals surface area contributed by atoms with Crippen molar-refractivity contribution in [1.82, 2.24) is 0 Å². The molecule has 1 aliphatic heterocycles. The Hall–Kier alpha value is -2.14. The van der Waals surface area contributed by atoms with Gasteiger partial charge in [0.2, 0.25) is 5.91 Å². The predicted octanol–water partition coefficient (Wildman–Crippen LogP) is 6.35. The van der Waals surface area contributed by atoms with Gasteiger partial charge in [0.1, 0.15) is 17.7 Å². The van der Waals surface area contributed by atoms with E-state index in [9.17, 15) is 4.79 Å². The fourth-order valence-corrected chi connectivity index (χ4v) is 4.61. The zero-order valence-electron chi connectivity index (χ0n) is 14.8. The number of hydrogen-bond acceptors (Lipinski definition) is 3. The first-order valence-electron chi connectivity index (χ1n) is 8.76. The van der Waals surface area contributed by atoms with E-state index in [1.807, 2.05) is 65.6 Å². The summed E-state index contributed by atoms with van der Waals surface area (Å²) in [5, 5.41) is 1.24. The van der Waals surface area contributed by atoms with Gasteiger partial charge in [0.15, 0.2) is 0 Å². The summed E-state index contributed by atoms with van der Waals surface area (Å²) in [7, 11) is 0. The van der Waals surface area contributed by atoms with Crippen LogP contribution in [-0.4, -0.2) is 11.7 Å². The molecule has 0 N–H and O–H groups in total. The zero-order valence-corrected chi connectivity index (χ0v) is 17.2. The van der Waals surface area contributed by atoms with Gasteiger partial charge in [0.25, 0.3) is 0 Å².